The van der Waals surface area contributed by atoms with Crippen LogP contribution in [0.25, 0.3) is 0 Å². The zero-order chi connectivity index (χ0) is 10.9. The molecule has 0 unspecified atom stereocenters. The molecule has 1 aromatic heterocycles. The third-order valence-corrected chi connectivity index (χ3v) is 3.33. The third-order valence-electron chi connectivity index (χ3n) is 3.13. The Balaban J connectivity index is 1.98. The number of nitrogens with zero attached hydrogens (tertiary/aromatic N) is 1. The van der Waals surface area contributed by atoms with Crippen LogP contribution in [0.5, 0.6) is 0 Å². The molecule has 0 aliphatic heterocycles. The van der Waals surface area contributed by atoms with Crippen molar-refractivity contribution in [3.05, 3.63) is 17.3 Å². The molecule has 1 saturated carbocycles. The van der Waals surface area contributed by atoms with Gasteiger partial charge in [-0.05, 0) is 24.3 Å². The van der Waals surface area contributed by atoms with Crippen molar-refractivity contribution in [1.82, 2.24) is 4.98 Å². The minimum atomic E-state index is 0.424. The number of halogens is 1. The molecule has 3 nitrogen and oxygen atoms in total. The maximum atomic E-state index is 5.80. The normalized spacial score (nSPS) is 18.3. The lowest BCUT2D eigenvalue weighted by molar-refractivity contribution is 0.180. The second-order valence-electron chi connectivity index (χ2n) is 4.61. The molecule has 15 heavy (non-hydrogen) atoms. The summed E-state index contributed by atoms with van der Waals surface area (Å²) in [4.78, 5) is 4.17. The Morgan fingerprint density at radius 1 is 1.60 bits per heavy atom. The van der Waals surface area contributed by atoms with E-state index >= 15 is 0 Å². The van der Waals surface area contributed by atoms with Crippen molar-refractivity contribution in [2.45, 2.75) is 26.2 Å². The summed E-state index contributed by atoms with van der Waals surface area (Å²) in [6.45, 7) is 3.22. The molecule has 0 amide bonds. The zero-order valence-corrected chi connectivity index (χ0v) is 9.64. The molecule has 4 heteroatoms. The van der Waals surface area contributed by atoms with Crippen LogP contribution in [0.1, 0.15) is 26.2 Å². The molecule has 82 valence electrons. The van der Waals surface area contributed by atoms with Gasteiger partial charge in [-0.15, -0.1) is 0 Å². The Bertz CT molecular complexity index is 361. The van der Waals surface area contributed by atoms with E-state index in [1.807, 2.05) is 0 Å². The second kappa shape index (κ2) is 3.89. The largest absolute Gasteiger partial charge is 0.396 e. The van der Waals surface area contributed by atoms with Crippen molar-refractivity contribution in [3.8, 4) is 0 Å². The molecule has 1 heterocycles. The molecule has 0 radical (unpaired) electrons. The fourth-order valence-electron chi connectivity index (χ4n) is 1.86. The zero-order valence-electron chi connectivity index (χ0n) is 8.89. The number of rotatable bonds is 3. The number of nitrogens with one attached hydrogen (secondary N) is 1. The van der Waals surface area contributed by atoms with E-state index in [-0.39, 0.29) is 0 Å². The second-order valence-corrected chi connectivity index (χ2v) is 5.05. The molecule has 0 spiro atoms. The molecule has 1 aliphatic carbocycles. The van der Waals surface area contributed by atoms with Gasteiger partial charge in [-0.3, -0.25) is 0 Å². The number of anilines is 2. The van der Waals surface area contributed by atoms with E-state index in [0.29, 0.717) is 16.1 Å². The lowest BCUT2D eigenvalue weighted by atomic mass is 9.70. The molecular formula is C11H16ClN3. The monoisotopic (exact) mass is 225 g/mol. The molecule has 0 atom stereocenters. The van der Waals surface area contributed by atoms with Crippen molar-refractivity contribution in [2.75, 3.05) is 17.6 Å². The van der Waals surface area contributed by atoms with Gasteiger partial charge in [0.05, 0.1) is 10.7 Å². The highest BCUT2D eigenvalue weighted by Gasteiger charge is 2.31. The van der Waals surface area contributed by atoms with Gasteiger partial charge in [0, 0.05) is 12.7 Å². The third kappa shape index (κ3) is 2.34. The highest BCUT2D eigenvalue weighted by atomic mass is 35.5. The van der Waals surface area contributed by atoms with E-state index in [4.69, 9.17) is 17.3 Å². The lowest BCUT2D eigenvalue weighted by Crippen LogP contribution is -2.33. The number of hydrogen-bond acceptors (Lipinski definition) is 3. The minimum Gasteiger partial charge on any atom is -0.396 e. The first-order valence-corrected chi connectivity index (χ1v) is 5.62. The van der Waals surface area contributed by atoms with Crippen LogP contribution in [-0.2, 0) is 0 Å². The quantitative estimate of drug-likeness (QED) is 0.832. The molecule has 1 fully saturated rings. The first-order chi connectivity index (χ1) is 7.09. The highest BCUT2D eigenvalue weighted by molar-refractivity contribution is 6.30. The van der Waals surface area contributed by atoms with Gasteiger partial charge >= 0.3 is 0 Å². The number of nitrogens with two attached hydrogens (primary N) is 1. The van der Waals surface area contributed by atoms with Crippen LogP contribution >= 0.6 is 11.6 Å². The van der Waals surface area contributed by atoms with Crippen LogP contribution in [0.2, 0.25) is 5.02 Å². The molecule has 0 saturated heterocycles. The van der Waals surface area contributed by atoms with E-state index in [9.17, 15) is 0 Å². The van der Waals surface area contributed by atoms with Gasteiger partial charge in [0.15, 0.2) is 0 Å². The van der Waals surface area contributed by atoms with E-state index in [1.165, 1.54) is 19.3 Å². The van der Waals surface area contributed by atoms with Gasteiger partial charge in [0.2, 0.25) is 0 Å². The Labute approximate surface area is 95.0 Å². The summed E-state index contributed by atoms with van der Waals surface area (Å²) in [7, 11) is 0. The molecular weight excluding hydrogens is 210 g/mol. The summed E-state index contributed by atoms with van der Waals surface area (Å²) in [5.74, 6) is 0.743. The van der Waals surface area contributed by atoms with Crippen molar-refractivity contribution in [1.29, 1.82) is 0 Å². The SMILES string of the molecule is CC1(CNc2ncc(Cl)cc2N)CCC1. The lowest BCUT2D eigenvalue weighted by Gasteiger charge is -2.38. The van der Waals surface area contributed by atoms with E-state index in [0.717, 1.165) is 12.4 Å². The standard InChI is InChI=1S/C11H16ClN3/c1-11(3-2-4-11)7-15-10-9(13)5-8(12)6-14-10/h5-6H,2-4,7,13H2,1H3,(H,14,15). The van der Waals surface area contributed by atoms with Crippen LogP contribution < -0.4 is 11.1 Å². The molecule has 1 aromatic rings. The molecule has 3 N–H and O–H groups in total. The summed E-state index contributed by atoms with van der Waals surface area (Å²) in [5.41, 5.74) is 6.84. The predicted octanol–water partition coefficient (Wildman–Crippen LogP) is 2.92. The average molecular weight is 226 g/mol. The van der Waals surface area contributed by atoms with E-state index in [1.54, 1.807) is 12.3 Å². The van der Waals surface area contributed by atoms with Gasteiger partial charge in [0.25, 0.3) is 0 Å². The van der Waals surface area contributed by atoms with Crippen LogP contribution in [0.15, 0.2) is 12.3 Å². The Morgan fingerprint density at radius 3 is 2.87 bits per heavy atom. The van der Waals surface area contributed by atoms with Gasteiger partial charge in [-0.2, -0.15) is 0 Å². The summed E-state index contributed by atoms with van der Waals surface area (Å²) >= 11 is 5.78. The average Bonchev–Trinajstić information content (AvgIpc) is 2.14. The molecule has 0 aromatic carbocycles. The van der Waals surface area contributed by atoms with Gasteiger partial charge < -0.3 is 11.1 Å². The van der Waals surface area contributed by atoms with E-state index in [2.05, 4.69) is 17.2 Å². The summed E-state index contributed by atoms with van der Waals surface area (Å²) < 4.78 is 0. The summed E-state index contributed by atoms with van der Waals surface area (Å²) in [6, 6.07) is 1.72. The fourth-order valence-corrected chi connectivity index (χ4v) is 2.02. The molecule has 2 rings (SSSR count). The van der Waals surface area contributed by atoms with Crippen molar-refractivity contribution < 1.29 is 0 Å². The number of pyridine rings is 1. The van der Waals surface area contributed by atoms with Gasteiger partial charge in [0.1, 0.15) is 5.82 Å². The van der Waals surface area contributed by atoms with Crippen LogP contribution in [0.3, 0.4) is 0 Å². The van der Waals surface area contributed by atoms with Crippen molar-refractivity contribution in [3.63, 3.8) is 0 Å². The number of nitrogen functional groups attached to an aromatic ring is 1. The molecule has 0 bridgehead atoms. The molecule has 1 aliphatic rings. The van der Waals surface area contributed by atoms with Crippen molar-refractivity contribution in [2.24, 2.45) is 5.41 Å². The predicted molar refractivity (Wildman–Crippen MR) is 64.1 cm³/mol. The smallest absolute Gasteiger partial charge is 0.149 e. The Kier molecular flexibility index (Phi) is 2.74. The van der Waals surface area contributed by atoms with Gasteiger partial charge in [-0.25, -0.2) is 4.98 Å². The van der Waals surface area contributed by atoms with E-state index < -0.39 is 0 Å². The first-order valence-electron chi connectivity index (χ1n) is 5.24. The Hall–Kier alpha value is -0.960. The van der Waals surface area contributed by atoms with Crippen LogP contribution in [0.4, 0.5) is 11.5 Å². The maximum absolute atomic E-state index is 5.80. The summed E-state index contributed by atoms with van der Waals surface area (Å²) in [6.07, 6.45) is 5.52. The van der Waals surface area contributed by atoms with Crippen LogP contribution in [-0.4, -0.2) is 11.5 Å². The number of aromatic nitrogens is 1. The topological polar surface area (TPSA) is 50.9 Å². The maximum Gasteiger partial charge on any atom is 0.149 e. The number of hydrogen-bond donors (Lipinski definition) is 2. The minimum absolute atomic E-state index is 0.424. The highest BCUT2D eigenvalue weighted by Crippen LogP contribution is 2.40. The first kappa shape index (κ1) is 10.6. The summed E-state index contributed by atoms with van der Waals surface area (Å²) in [5, 5.41) is 3.86. The fraction of sp³-hybridized carbons (Fsp3) is 0.545. The van der Waals surface area contributed by atoms with Crippen molar-refractivity contribution >= 4 is 23.1 Å². The van der Waals surface area contributed by atoms with Crippen LogP contribution in [0, 0.1) is 5.41 Å². The van der Waals surface area contributed by atoms with Gasteiger partial charge in [-0.1, -0.05) is 24.9 Å². The Morgan fingerprint density at radius 2 is 2.33 bits per heavy atom.